The highest BCUT2D eigenvalue weighted by atomic mass is 32.2. The van der Waals surface area contributed by atoms with Gasteiger partial charge in [0.15, 0.2) is 10.1 Å². The molecular weight excluding hydrogens is 468 g/mol. The van der Waals surface area contributed by atoms with Crippen molar-refractivity contribution in [3.8, 4) is 6.07 Å². The van der Waals surface area contributed by atoms with Crippen molar-refractivity contribution >= 4 is 45.6 Å². The van der Waals surface area contributed by atoms with E-state index in [2.05, 4.69) is 35.4 Å². The Labute approximate surface area is 205 Å². The van der Waals surface area contributed by atoms with E-state index in [0.717, 1.165) is 4.34 Å². The molecule has 3 heterocycles. The minimum atomic E-state index is -1.57. The quantitative estimate of drug-likeness (QED) is 0.614. The molecule has 2 aromatic rings. The van der Waals surface area contributed by atoms with Gasteiger partial charge in [-0.1, -0.05) is 69.0 Å². The average Bonchev–Trinajstić information content (AvgIpc) is 3.30. The van der Waals surface area contributed by atoms with Crippen molar-refractivity contribution in [2.24, 2.45) is 11.1 Å². The Bertz CT molecular complexity index is 1350. The van der Waals surface area contributed by atoms with Crippen molar-refractivity contribution in [2.45, 2.75) is 55.5 Å². The van der Waals surface area contributed by atoms with Crippen molar-refractivity contribution in [3.63, 3.8) is 0 Å². The molecule has 1 spiro atoms. The fraction of sp³-hybridized carbons (Fsp3) is 0.375. The SMILES string of the molecule is CC(C)Sc1nnc(N2C(N)=C(C#N)[C@]3(C(=O)Nc4ccccc43)C3=C2CC(C)(C)CC3=O)s1. The van der Waals surface area contributed by atoms with Gasteiger partial charge in [0.1, 0.15) is 17.3 Å². The predicted octanol–water partition coefficient (Wildman–Crippen LogP) is 4.09. The number of hydrogen-bond donors (Lipinski definition) is 2. The van der Waals surface area contributed by atoms with Crippen LogP contribution in [0.25, 0.3) is 0 Å². The Morgan fingerprint density at radius 1 is 1.24 bits per heavy atom. The lowest BCUT2D eigenvalue weighted by Crippen LogP contribution is -2.52. The van der Waals surface area contributed by atoms with Crippen molar-refractivity contribution < 1.29 is 9.59 Å². The van der Waals surface area contributed by atoms with E-state index in [0.29, 0.717) is 39.3 Å². The van der Waals surface area contributed by atoms with E-state index in [1.165, 1.54) is 11.3 Å². The van der Waals surface area contributed by atoms with Gasteiger partial charge in [0.25, 0.3) is 0 Å². The normalized spacial score (nSPS) is 23.4. The molecule has 0 radical (unpaired) electrons. The molecule has 1 amide bonds. The molecular formula is C24H24N6O2S2. The number of allylic oxidation sites excluding steroid dienone is 1. The summed E-state index contributed by atoms with van der Waals surface area (Å²) < 4.78 is 0.768. The van der Waals surface area contributed by atoms with Crippen LogP contribution in [-0.2, 0) is 15.0 Å². The number of thioether (sulfide) groups is 1. The highest BCUT2D eigenvalue weighted by molar-refractivity contribution is 8.01. The number of nitrogens with one attached hydrogen (secondary N) is 1. The Hall–Kier alpha value is -3.16. The van der Waals surface area contributed by atoms with Gasteiger partial charge >= 0.3 is 0 Å². The minimum Gasteiger partial charge on any atom is -0.384 e. The van der Waals surface area contributed by atoms with Crippen molar-refractivity contribution in [1.82, 2.24) is 10.2 Å². The number of benzene rings is 1. The lowest BCUT2D eigenvalue weighted by molar-refractivity contribution is -0.123. The number of nitrogens with zero attached hydrogens (tertiary/aromatic N) is 4. The number of rotatable bonds is 3. The molecule has 0 saturated carbocycles. The molecule has 3 N–H and O–H groups in total. The highest BCUT2D eigenvalue weighted by Crippen LogP contribution is 2.57. The summed E-state index contributed by atoms with van der Waals surface area (Å²) in [4.78, 5) is 29.1. The number of nitrogens with two attached hydrogens (primary N) is 1. The van der Waals surface area contributed by atoms with Gasteiger partial charge in [0.2, 0.25) is 11.0 Å². The van der Waals surface area contributed by atoms with E-state index < -0.39 is 11.3 Å². The maximum atomic E-state index is 13.8. The molecule has 1 aromatic carbocycles. The van der Waals surface area contributed by atoms with Gasteiger partial charge < -0.3 is 11.1 Å². The number of anilines is 2. The third kappa shape index (κ3) is 3.11. The van der Waals surface area contributed by atoms with Crippen LogP contribution in [-0.4, -0.2) is 27.1 Å². The second-order valence-electron chi connectivity index (χ2n) is 9.74. The fourth-order valence-electron chi connectivity index (χ4n) is 5.13. The van der Waals surface area contributed by atoms with Crippen LogP contribution in [0, 0.1) is 16.7 Å². The van der Waals surface area contributed by atoms with Crippen molar-refractivity contribution in [2.75, 3.05) is 10.2 Å². The average molecular weight is 493 g/mol. The van der Waals surface area contributed by atoms with Crippen LogP contribution in [0.5, 0.6) is 0 Å². The third-order valence-electron chi connectivity index (χ3n) is 6.32. The van der Waals surface area contributed by atoms with Gasteiger partial charge in [0.05, 0.1) is 5.57 Å². The molecule has 8 nitrogen and oxygen atoms in total. The number of nitriles is 1. The number of hydrogen-bond acceptors (Lipinski definition) is 9. The van der Waals surface area contributed by atoms with E-state index in [4.69, 9.17) is 5.73 Å². The van der Waals surface area contributed by atoms with Crippen LogP contribution in [0.15, 0.2) is 51.3 Å². The summed E-state index contributed by atoms with van der Waals surface area (Å²) in [7, 11) is 0. The van der Waals surface area contributed by atoms with E-state index in [-0.39, 0.29) is 29.0 Å². The first-order valence-corrected chi connectivity index (χ1v) is 12.7. The molecule has 0 bridgehead atoms. The van der Waals surface area contributed by atoms with Gasteiger partial charge in [-0.25, -0.2) is 0 Å². The number of fused-ring (bicyclic) bond motifs is 3. The monoisotopic (exact) mass is 492 g/mol. The number of amides is 1. The Morgan fingerprint density at radius 3 is 2.68 bits per heavy atom. The summed E-state index contributed by atoms with van der Waals surface area (Å²) in [6.07, 6.45) is 0.761. The molecule has 34 heavy (non-hydrogen) atoms. The Kier molecular flexibility index (Phi) is 5.11. The highest BCUT2D eigenvalue weighted by Gasteiger charge is 2.61. The summed E-state index contributed by atoms with van der Waals surface area (Å²) in [6, 6.07) is 9.36. The van der Waals surface area contributed by atoms with Crippen LogP contribution in [0.4, 0.5) is 10.8 Å². The van der Waals surface area contributed by atoms with E-state index >= 15 is 0 Å². The van der Waals surface area contributed by atoms with Crippen LogP contribution in [0.1, 0.15) is 46.1 Å². The molecule has 1 atom stereocenters. The van der Waals surface area contributed by atoms with Crippen LogP contribution >= 0.6 is 23.1 Å². The molecule has 2 aliphatic heterocycles. The Morgan fingerprint density at radius 2 is 1.97 bits per heavy atom. The summed E-state index contributed by atoms with van der Waals surface area (Å²) in [5.41, 5.74) is 6.87. The maximum Gasteiger partial charge on any atom is 0.245 e. The summed E-state index contributed by atoms with van der Waals surface area (Å²) >= 11 is 2.94. The van der Waals surface area contributed by atoms with Crippen molar-refractivity contribution in [3.05, 3.63) is 52.5 Å². The first kappa shape index (κ1) is 22.6. The fourth-order valence-corrected chi connectivity index (χ4v) is 7.24. The molecule has 1 aliphatic carbocycles. The molecule has 0 fully saturated rings. The first-order valence-electron chi connectivity index (χ1n) is 11.0. The van der Waals surface area contributed by atoms with Crippen LogP contribution in [0.3, 0.4) is 0 Å². The van der Waals surface area contributed by atoms with Gasteiger partial charge in [0, 0.05) is 34.2 Å². The van der Waals surface area contributed by atoms with E-state index in [1.807, 2.05) is 19.9 Å². The smallest absolute Gasteiger partial charge is 0.245 e. The summed E-state index contributed by atoms with van der Waals surface area (Å²) in [5.74, 6) is -0.484. The molecule has 0 saturated heterocycles. The number of carbonyl (C=O) groups excluding carboxylic acids is 2. The standard InChI is InChI=1S/C24H24N6O2S2/c1-12(2)33-22-29-28-21(34-22)30-16-9-23(3,4)10-17(31)18(16)24(14(11-25)19(30)26)13-7-5-6-8-15(13)27-20(24)32/h5-8,12H,9-10,26H2,1-4H3,(H,27,32)/t24-/m0/s1. The number of Topliss-reactive ketones (excluding diaryl/α,β-unsaturated/α-hetero) is 1. The largest absolute Gasteiger partial charge is 0.384 e. The van der Waals surface area contributed by atoms with Gasteiger partial charge in [-0.2, -0.15) is 5.26 Å². The zero-order chi connectivity index (χ0) is 24.4. The Balaban J connectivity index is 1.82. The van der Waals surface area contributed by atoms with Gasteiger partial charge in [-0.3, -0.25) is 14.5 Å². The molecule has 174 valence electrons. The molecule has 5 rings (SSSR count). The van der Waals surface area contributed by atoms with Gasteiger partial charge in [-0.15, -0.1) is 10.2 Å². The molecule has 3 aliphatic rings. The number of aromatic nitrogens is 2. The lowest BCUT2D eigenvalue weighted by atomic mass is 9.61. The molecule has 10 heteroatoms. The van der Waals surface area contributed by atoms with Crippen molar-refractivity contribution in [1.29, 1.82) is 5.26 Å². The van der Waals surface area contributed by atoms with E-state index in [1.54, 1.807) is 34.9 Å². The van der Waals surface area contributed by atoms with E-state index in [9.17, 15) is 14.9 Å². The topological polar surface area (TPSA) is 125 Å². The molecule has 1 aromatic heterocycles. The minimum absolute atomic E-state index is 0.0371. The number of carbonyl (C=O) groups is 2. The zero-order valence-electron chi connectivity index (χ0n) is 19.3. The summed E-state index contributed by atoms with van der Waals surface area (Å²) in [5, 5.41) is 22.7. The maximum absolute atomic E-state index is 13.8. The zero-order valence-corrected chi connectivity index (χ0v) is 20.9. The first-order chi connectivity index (χ1) is 16.1. The molecule has 0 unspecified atom stereocenters. The number of ketones is 1. The van der Waals surface area contributed by atoms with Crippen LogP contribution < -0.4 is 16.0 Å². The second-order valence-corrected chi connectivity index (χ2v) is 12.5. The van der Waals surface area contributed by atoms with Crippen LogP contribution in [0.2, 0.25) is 0 Å². The number of para-hydroxylation sites is 1. The summed E-state index contributed by atoms with van der Waals surface area (Å²) in [6.45, 7) is 8.17. The predicted molar refractivity (Wildman–Crippen MR) is 132 cm³/mol. The second kappa shape index (κ2) is 7.68. The lowest BCUT2D eigenvalue weighted by Gasteiger charge is -2.45. The third-order valence-corrected chi connectivity index (χ3v) is 8.32. The van der Waals surface area contributed by atoms with Gasteiger partial charge in [-0.05, 0) is 17.9 Å².